The highest BCUT2D eigenvalue weighted by atomic mass is 16.5. The molecule has 2 aromatic rings. The lowest BCUT2D eigenvalue weighted by molar-refractivity contribution is 0.415. The molecule has 2 aromatic carbocycles. The first-order valence-electron chi connectivity index (χ1n) is 7.21. The van der Waals surface area contributed by atoms with Crippen LogP contribution in [0.3, 0.4) is 0 Å². The number of methoxy groups -OCH3 is 1. The second kappa shape index (κ2) is 6.73. The van der Waals surface area contributed by atoms with Crippen molar-refractivity contribution in [3.05, 3.63) is 42.0 Å². The fourth-order valence-electron chi connectivity index (χ4n) is 2.35. The normalized spacial score (nSPS) is 14.2. The highest BCUT2D eigenvalue weighted by molar-refractivity contribution is 5.84. The summed E-state index contributed by atoms with van der Waals surface area (Å²) >= 11 is 0. The summed E-state index contributed by atoms with van der Waals surface area (Å²) in [5.41, 5.74) is 7.16. The first-order valence-corrected chi connectivity index (χ1v) is 7.21. The number of fused-ring (bicyclic) bond motifs is 1. The number of nitrogens with one attached hydrogen (secondary N) is 1. The zero-order valence-corrected chi connectivity index (χ0v) is 12.5. The Balaban J connectivity index is 2.30. The number of benzene rings is 2. The lowest BCUT2D eigenvalue weighted by atomic mass is 10.0. The molecule has 0 heterocycles. The fourth-order valence-corrected chi connectivity index (χ4v) is 2.35. The van der Waals surface area contributed by atoms with E-state index in [1.54, 1.807) is 7.11 Å². The maximum Gasteiger partial charge on any atom is 0.119 e. The summed E-state index contributed by atoms with van der Waals surface area (Å²) in [6.07, 6.45) is 1.10. The van der Waals surface area contributed by atoms with Crippen LogP contribution in [0.4, 0.5) is 0 Å². The van der Waals surface area contributed by atoms with E-state index in [0.29, 0.717) is 12.6 Å². The van der Waals surface area contributed by atoms with Gasteiger partial charge >= 0.3 is 0 Å². The zero-order chi connectivity index (χ0) is 14.5. The Morgan fingerprint density at radius 2 is 1.85 bits per heavy atom. The Morgan fingerprint density at radius 3 is 2.50 bits per heavy atom. The van der Waals surface area contributed by atoms with Gasteiger partial charge in [0.15, 0.2) is 0 Å². The molecule has 108 valence electrons. The molecule has 0 aliphatic carbocycles. The highest BCUT2D eigenvalue weighted by Crippen LogP contribution is 2.24. The third-order valence-electron chi connectivity index (χ3n) is 3.81. The quantitative estimate of drug-likeness (QED) is 0.848. The molecule has 0 fully saturated rings. The Bertz CT molecular complexity index is 568. The molecule has 3 heteroatoms. The SMILES string of the molecule is CCC(C)NC(CN)c1ccc2cc(OC)ccc2c1. The van der Waals surface area contributed by atoms with Crippen LogP contribution in [0.1, 0.15) is 31.9 Å². The molecular weight excluding hydrogens is 248 g/mol. The molecule has 3 nitrogen and oxygen atoms in total. The van der Waals surface area contributed by atoms with Gasteiger partial charge < -0.3 is 15.8 Å². The molecule has 0 amide bonds. The van der Waals surface area contributed by atoms with Crippen LogP contribution in [0, 0.1) is 0 Å². The van der Waals surface area contributed by atoms with E-state index in [0.717, 1.165) is 12.2 Å². The van der Waals surface area contributed by atoms with Crippen molar-refractivity contribution in [2.75, 3.05) is 13.7 Å². The standard InChI is InChI=1S/C17H24N2O/c1-4-12(2)19-17(11-18)15-6-5-14-10-16(20-3)8-7-13(14)9-15/h5-10,12,17,19H,4,11,18H2,1-3H3. The van der Waals surface area contributed by atoms with Crippen molar-refractivity contribution in [3.8, 4) is 5.75 Å². The van der Waals surface area contributed by atoms with Gasteiger partial charge in [-0.25, -0.2) is 0 Å². The molecular formula is C17H24N2O. The van der Waals surface area contributed by atoms with Crippen molar-refractivity contribution in [3.63, 3.8) is 0 Å². The number of hydrogen-bond acceptors (Lipinski definition) is 3. The predicted molar refractivity (Wildman–Crippen MR) is 85.2 cm³/mol. The molecule has 0 aromatic heterocycles. The van der Waals surface area contributed by atoms with Crippen molar-refractivity contribution in [1.82, 2.24) is 5.32 Å². The number of rotatable bonds is 6. The molecule has 0 bridgehead atoms. The van der Waals surface area contributed by atoms with Crippen LogP contribution in [0.15, 0.2) is 36.4 Å². The van der Waals surface area contributed by atoms with Gasteiger partial charge in [0, 0.05) is 18.6 Å². The minimum atomic E-state index is 0.205. The van der Waals surface area contributed by atoms with Crippen molar-refractivity contribution in [2.45, 2.75) is 32.4 Å². The minimum Gasteiger partial charge on any atom is -0.497 e. The maximum absolute atomic E-state index is 5.92. The van der Waals surface area contributed by atoms with E-state index in [4.69, 9.17) is 10.5 Å². The highest BCUT2D eigenvalue weighted by Gasteiger charge is 2.12. The van der Waals surface area contributed by atoms with Crippen LogP contribution in [0.2, 0.25) is 0 Å². The average Bonchev–Trinajstić information content (AvgIpc) is 2.51. The number of nitrogens with two attached hydrogens (primary N) is 1. The first-order chi connectivity index (χ1) is 9.67. The second-order valence-electron chi connectivity index (χ2n) is 5.24. The van der Waals surface area contributed by atoms with Gasteiger partial charge in [0.1, 0.15) is 5.75 Å². The average molecular weight is 272 g/mol. The Kier molecular flexibility index (Phi) is 4.99. The lowest BCUT2D eigenvalue weighted by Crippen LogP contribution is -2.34. The summed E-state index contributed by atoms with van der Waals surface area (Å²) in [5, 5.41) is 5.97. The molecule has 0 spiro atoms. The Hall–Kier alpha value is -1.58. The molecule has 0 radical (unpaired) electrons. The fraction of sp³-hybridized carbons (Fsp3) is 0.412. The van der Waals surface area contributed by atoms with Gasteiger partial charge in [-0.2, -0.15) is 0 Å². The van der Waals surface area contributed by atoms with Gasteiger partial charge in [0.2, 0.25) is 0 Å². The molecule has 0 aliphatic rings. The van der Waals surface area contributed by atoms with Crippen LogP contribution >= 0.6 is 0 Å². The van der Waals surface area contributed by atoms with Crippen LogP contribution in [-0.4, -0.2) is 19.7 Å². The number of hydrogen-bond donors (Lipinski definition) is 2. The van der Waals surface area contributed by atoms with Crippen LogP contribution < -0.4 is 15.8 Å². The first kappa shape index (κ1) is 14.8. The van der Waals surface area contributed by atoms with Gasteiger partial charge in [-0.3, -0.25) is 0 Å². The van der Waals surface area contributed by atoms with E-state index in [2.05, 4.69) is 49.5 Å². The van der Waals surface area contributed by atoms with Gasteiger partial charge in [0.05, 0.1) is 7.11 Å². The van der Waals surface area contributed by atoms with Crippen molar-refractivity contribution in [2.24, 2.45) is 5.73 Å². The van der Waals surface area contributed by atoms with Gasteiger partial charge in [-0.1, -0.05) is 25.1 Å². The van der Waals surface area contributed by atoms with Crippen LogP contribution in [-0.2, 0) is 0 Å². The molecule has 3 N–H and O–H groups in total. The molecule has 2 rings (SSSR count). The molecule has 2 atom stereocenters. The molecule has 20 heavy (non-hydrogen) atoms. The summed E-state index contributed by atoms with van der Waals surface area (Å²) in [6.45, 7) is 4.97. The predicted octanol–water partition coefficient (Wildman–Crippen LogP) is 3.24. The summed E-state index contributed by atoms with van der Waals surface area (Å²) < 4.78 is 5.26. The molecule has 0 aliphatic heterocycles. The Morgan fingerprint density at radius 1 is 1.15 bits per heavy atom. The van der Waals surface area contributed by atoms with Crippen LogP contribution in [0.5, 0.6) is 5.75 Å². The second-order valence-corrected chi connectivity index (χ2v) is 5.24. The van der Waals surface area contributed by atoms with E-state index < -0.39 is 0 Å². The van der Waals surface area contributed by atoms with E-state index in [1.165, 1.54) is 16.3 Å². The van der Waals surface area contributed by atoms with E-state index in [9.17, 15) is 0 Å². The van der Waals surface area contributed by atoms with Gasteiger partial charge in [0.25, 0.3) is 0 Å². The summed E-state index contributed by atoms with van der Waals surface area (Å²) in [7, 11) is 1.69. The third kappa shape index (κ3) is 3.30. The van der Waals surface area contributed by atoms with E-state index in [-0.39, 0.29) is 6.04 Å². The summed E-state index contributed by atoms with van der Waals surface area (Å²) in [6, 6.07) is 13.3. The topological polar surface area (TPSA) is 47.3 Å². The van der Waals surface area contributed by atoms with Crippen molar-refractivity contribution >= 4 is 10.8 Å². The summed E-state index contributed by atoms with van der Waals surface area (Å²) in [5.74, 6) is 0.887. The van der Waals surface area contributed by atoms with Crippen molar-refractivity contribution in [1.29, 1.82) is 0 Å². The van der Waals surface area contributed by atoms with Crippen LogP contribution in [0.25, 0.3) is 10.8 Å². The Labute approximate surface area is 121 Å². The smallest absolute Gasteiger partial charge is 0.119 e. The van der Waals surface area contributed by atoms with E-state index >= 15 is 0 Å². The van der Waals surface area contributed by atoms with E-state index in [1.807, 2.05) is 6.07 Å². The monoisotopic (exact) mass is 272 g/mol. The molecule has 2 unspecified atom stereocenters. The van der Waals surface area contributed by atoms with Crippen molar-refractivity contribution < 1.29 is 4.74 Å². The largest absolute Gasteiger partial charge is 0.497 e. The van der Waals surface area contributed by atoms with Gasteiger partial charge in [-0.15, -0.1) is 0 Å². The summed E-state index contributed by atoms with van der Waals surface area (Å²) in [4.78, 5) is 0. The molecule has 0 saturated carbocycles. The van der Waals surface area contributed by atoms with Gasteiger partial charge in [-0.05, 0) is 47.9 Å². The minimum absolute atomic E-state index is 0.205. The number of ether oxygens (including phenoxy) is 1. The molecule has 0 saturated heterocycles. The maximum atomic E-state index is 5.92. The zero-order valence-electron chi connectivity index (χ0n) is 12.5. The third-order valence-corrected chi connectivity index (χ3v) is 3.81. The lowest BCUT2D eigenvalue weighted by Gasteiger charge is -2.22.